The maximum atomic E-state index is 14.1. The standard InChI is InChI=1S/C20H14ClFN4/c21-14-5-6-18(17(22)12-14)24-20-16-4-2-1-3-15(16)19(25-26-20)11-13-7-9-23-10-8-13/h1-10,12H,11H2,(H,24,26). The molecule has 0 saturated heterocycles. The predicted octanol–water partition coefficient (Wildman–Crippen LogP) is 5.15. The molecule has 4 nitrogen and oxygen atoms in total. The van der Waals surface area contributed by atoms with Gasteiger partial charge in [-0.2, -0.15) is 5.10 Å². The van der Waals surface area contributed by atoms with E-state index >= 15 is 0 Å². The van der Waals surface area contributed by atoms with E-state index in [0.717, 1.165) is 22.0 Å². The smallest absolute Gasteiger partial charge is 0.161 e. The third kappa shape index (κ3) is 3.34. The quantitative estimate of drug-likeness (QED) is 0.544. The second-order valence-corrected chi connectivity index (χ2v) is 6.26. The van der Waals surface area contributed by atoms with Crippen LogP contribution in [0, 0.1) is 5.82 Å². The zero-order chi connectivity index (χ0) is 17.9. The first-order valence-electron chi connectivity index (χ1n) is 8.06. The number of nitrogens with one attached hydrogen (secondary N) is 1. The third-order valence-corrected chi connectivity index (χ3v) is 4.30. The molecule has 0 bridgehead atoms. The molecule has 4 rings (SSSR count). The highest BCUT2D eigenvalue weighted by Gasteiger charge is 2.11. The molecule has 0 aliphatic carbocycles. The van der Waals surface area contributed by atoms with Crippen LogP contribution in [0.15, 0.2) is 67.0 Å². The number of hydrogen-bond donors (Lipinski definition) is 1. The summed E-state index contributed by atoms with van der Waals surface area (Å²) in [5.74, 6) is 0.0598. The van der Waals surface area contributed by atoms with Crippen LogP contribution in [0.5, 0.6) is 0 Å². The van der Waals surface area contributed by atoms with E-state index in [1.165, 1.54) is 6.07 Å². The molecule has 0 spiro atoms. The Morgan fingerprint density at radius 2 is 1.69 bits per heavy atom. The minimum Gasteiger partial charge on any atom is -0.336 e. The minimum atomic E-state index is -0.441. The van der Waals surface area contributed by atoms with E-state index in [4.69, 9.17) is 11.6 Å². The summed E-state index contributed by atoms with van der Waals surface area (Å²) in [4.78, 5) is 4.03. The van der Waals surface area contributed by atoms with E-state index < -0.39 is 5.82 Å². The number of benzene rings is 2. The molecule has 2 aromatic heterocycles. The number of aromatic nitrogens is 3. The van der Waals surface area contributed by atoms with E-state index in [1.807, 2.05) is 36.4 Å². The Bertz CT molecular complexity index is 1070. The van der Waals surface area contributed by atoms with Gasteiger partial charge in [0.05, 0.1) is 11.4 Å². The molecular formula is C20H14ClFN4. The van der Waals surface area contributed by atoms with Crippen LogP contribution < -0.4 is 5.32 Å². The zero-order valence-corrected chi connectivity index (χ0v) is 14.4. The normalized spacial score (nSPS) is 10.8. The number of rotatable bonds is 4. The molecule has 6 heteroatoms. The Kier molecular flexibility index (Phi) is 4.46. The van der Waals surface area contributed by atoms with E-state index in [-0.39, 0.29) is 0 Å². The van der Waals surface area contributed by atoms with E-state index in [2.05, 4.69) is 20.5 Å². The average Bonchev–Trinajstić information content (AvgIpc) is 2.66. The average molecular weight is 365 g/mol. The molecule has 0 aliphatic heterocycles. The summed E-state index contributed by atoms with van der Waals surface area (Å²) in [6.07, 6.45) is 4.15. The van der Waals surface area contributed by atoms with Gasteiger partial charge in [-0.05, 0) is 35.9 Å². The van der Waals surface area contributed by atoms with Gasteiger partial charge in [0.25, 0.3) is 0 Å². The predicted molar refractivity (Wildman–Crippen MR) is 101 cm³/mol. The van der Waals surface area contributed by atoms with Gasteiger partial charge < -0.3 is 5.32 Å². The highest BCUT2D eigenvalue weighted by molar-refractivity contribution is 6.30. The van der Waals surface area contributed by atoms with Crippen LogP contribution in [0.3, 0.4) is 0 Å². The fraction of sp³-hybridized carbons (Fsp3) is 0.0500. The fourth-order valence-electron chi connectivity index (χ4n) is 2.79. The SMILES string of the molecule is Fc1cc(Cl)ccc1Nc1nnc(Cc2ccncc2)c2ccccc12. The van der Waals surface area contributed by atoms with Crippen molar-refractivity contribution in [2.75, 3.05) is 5.32 Å². The monoisotopic (exact) mass is 364 g/mol. The summed E-state index contributed by atoms with van der Waals surface area (Å²) in [7, 11) is 0. The molecule has 0 fully saturated rings. The lowest BCUT2D eigenvalue weighted by Gasteiger charge is -2.12. The van der Waals surface area contributed by atoms with Crippen molar-refractivity contribution < 1.29 is 4.39 Å². The van der Waals surface area contributed by atoms with Crippen LogP contribution in [0.1, 0.15) is 11.3 Å². The van der Waals surface area contributed by atoms with E-state index in [1.54, 1.807) is 24.5 Å². The minimum absolute atomic E-state index is 0.302. The van der Waals surface area contributed by atoms with Crippen LogP contribution >= 0.6 is 11.6 Å². The summed E-state index contributed by atoms with van der Waals surface area (Å²) in [6.45, 7) is 0. The molecule has 0 saturated carbocycles. The van der Waals surface area contributed by atoms with E-state index in [0.29, 0.717) is 22.9 Å². The first kappa shape index (κ1) is 16.4. The second-order valence-electron chi connectivity index (χ2n) is 5.82. The van der Waals surface area contributed by atoms with Gasteiger partial charge >= 0.3 is 0 Å². The molecule has 0 atom stereocenters. The largest absolute Gasteiger partial charge is 0.336 e. The van der Waals surface area contributed by atoms with Crippen molar-refractivity contribution in [2.24, 2.45) is 0 Å². The number of nitrogens with zero attached hydrogens (tertiary/aromatic N) is 3. The number of hydrogen-bond acceptors (Lipinski definition) is 4. The number of fused-ring (bicyclic) bond motifs is 1. The lowest BCUT2D eigenvalue weighted by molar-refractivity contribution is 0.632. The number of anilines is 2. The molecule has 0 unspecified atom stereocenters. The summed E-state index contributed by atoms with van der Waals surface area (Å²) in [5, 5.41) is 13.9. The molecule has 1 N–H and O–H groups in total. The van der Waals surface area contributed by atoms with Crippen molar-refractivity contribution in [2.45, 2.75) is 6.42 Å². The van der Waals surface area contributed by atoms with Crippen molar-refractivity contribution in [1.29, 1.82) is 0 Å². The molecule has 128 valence electrons. The van der Waals surface area contributed by atoms with Crippen LogP contribution in [-0.2, 0) is 6.42 Å². The third-order valence-electron chi connectivity index (χ3n) is 4.07. The fourth-order valence-corrected chi connectivity index (χ4v) is 2.95. The Morgan fingerprint density at radius 3 is 2.46 bits per heavy atom. The molecule has 4 aromatic rings. The maximum Gasteiger partial charge on any atom is 0.161 e. The lowest BCUT2D eigenvalue weighted by atomic mass is 10.0. The van der Waals surface area contributed by atoms with Crippen LogP contribution in [-0.4, -0.2) is 15.2 Å². The highest BCUT2D eigenvalue weighted by Crippen LogP contribution is 2.28. The summed E-state index contributed by atoms with van der Waals surface area (Å²) in [5.41, 5.74) is 2.26. The van der Waals surface area contributed by atoms with Gasteiger partial charge in [-0.25, -0.2) is 4.39 Å². The number of pyridine rings is 1. The van der Waals surface area contributed by atoms with Gasteiger partial charge in [0.15, 0.2) is 5.82 Å². The molecule has 2 aromatic carbocycles. The van der Waals surface area contributed by atoms with Gasteiger partial charge in [0.1, 0.15) is 5.82 Å². The van der Waals surface area contributed by atoms with Crippen LogP contribution in [0.2, 0.25) is 5.02 Å². The number of halogens is 2. The van der Waals surface area contributed by atoms with Crippen LogP contribution in [0.25, 0.3) is 10.8 Å². The molecule has 0 amide bonds. The first-order valence-corrected chi connectivity index (χ1v) is 8.44. The molecule has 0 radical (unpaired) electrons. The lowest BCUT2D eigenvalue weighted by Crippen LogP contribution is -2.03. The highest BCUT2D eigenvalue weighted by atomic mass is 35.5. The first-order chi connectivity index (χ1) is 12.7. The Morgan fingerprint density at radius 1 is 0.923 bits per heavy atom. The maximum absolute atomic E-state index is 14.1. The molecule has 0 aliphatic rings. The van der Waals surface area contributed by atoms with Crippen LogP contribution in [0.4, 0.5) is 15.9 Å². The molecule has 26 heavy (non-hydrogen) atoms. The van der Waals surface area contributed by atoms with Crippen molar-refractivity contribution in [3.63, 3.8) is 0 Å². The van der Waals surface area contributed by atoms with Gasteiger partial charge in [-0.3, -0.25) is 4.98 Å². The molecule has 2 heterocycles. The molecular weight excluding hydrogens is 351 g/mol. The Labute approximate surface area is 154 Å². The van der Waals surface area contributed by atoms with Gasteiger partial charge in [0.2, 0.25) is 0 Å². The van der Waals surface area contributed by atoms with Crippen molar-refractivity contribution in [3.05, 3.63) is 89.1 Å². The van der Waals surface area contributed by atoms with Crippen molar-refractivity contribution in [1.82, 2.24) is 15.2 Å². The Balaban J connectivity index is 1.74. The zero-order valence-electron chi connectivity index (χ0n) is 13.7. The van der Waals surface area contributed by atoms with Gasteiger partial charge in [0, 0.05) is 34.6 Å². The summed E-state index contributed by atoms with van der Waals surface area (Å²) >= 11 is 5.81. The van der Waals surface area contributed by atoms with Crippen molar-refractivity contribution >= 4 is 33.9 Å². The summed E-state index contributed by atoms with van der Waals surface area (Å²) in [6, 6.07) is 16.2. The van der Waals surface area contributed by atoms with Gasteiger partial charge in [-0.15, -0.1) is 5.10 Å². The topological polar surface area (TPSA) is 50.7 Å². The Hall–Kier alpha value is -3.05. The van der Waals surface area contributed by atoms with Gasteiger partial charge in [-0.1, -0.05) is 35.9 Å². The van der Waals surface area contributed by atoms with Crippen molar-refractivity contribution in [3.8, 4) is 0 Å². The van der Waals surface area contributed by atoms with E-state index in [9.17, 15) is 4.39 Å². The summed E-state index contributed by atoms with van der Waals surface area (Å²) < 4.78 is 14.1. The second kappa shape index (κ2) is 7.06.